The molecule has 1 heterocycles. The minimum absolute atomic E-state index is 0.0659. The van der Waals surface area contributed by atoms with Crippen molar-refractivity contribution in [1.29, 1.82) is 0 Å². The van der Waals surface area contributed by atoms with Crippen molar-refractivity contribution >= 4 is 23.1 Å². The van der Waals surface area contributed by atoms with Gasteiger partial charge in [0.2, 0.25) is 0 Å². The maximum atomic E-state index is 10.7. The van der Waals surface area contributed by atoms with Crippen LogP contribution < -0.4 is 5.32 Å². The lowest BCUT2D eigenvalue weighted by atomic mass is 10.2. The first-order valence-electron chi connectivity index (χ1n) is 5.53. The molecule has 2 aromatic rings. The highest BCUT2D eigenvalue weighted by atomic mass is 35.5. The standard InChI is InChI=1S/C12H11ClN4O2/c1-8-15-11(13)6-12(16-8)14-7-9-3-2-4-10(5-9)17(18)19/h2-6H,7H2,1H3,(H,14,15,16). The summed E-state index contributed by atoms with van der Waals surface area (Å²) in [5.41, 5.74) is 0.859. The van der Waals surface area contributed by atoms with Crippen molar-refractivity contribution in [2.24, 2.45) is 0 Å². The third kappa shape index (κ3) is 3.62. The summed E-state index contributed by atoms with van der Waals surface area (Å²) in [5.74, 6) is 1.15. The summed E-state index contributed by atoms with van der Waals surface area (Å²) in [5, 5.41) is 14.1. The topological polar surface area (TPSA) is 81.0 Å². The highest BCUT2D eigenvalue weighted by molar-refractivity contribution is 6.29. The first-order chi connectivity index (χ1) is 9.04. The van der Waals surface area contributed by atoms with Gasteiger partial charge in [-0.15, -0.1) is 0 Å². The Morgan fingerprint density at radius 3 is 2.84 bits per heavy atom. The minimum atomic E-state index is -0.421. The average molecular weight is 279 g/mol. The lowest BCUT2D eigenvalue weighted by Crippen LogP contribution is -2.03. The molecule has 1 N–H and O–H groups in total. The van der Waals surface area contributed by atoms with E-state index in [0.717, 1.165) is 5.56 Å². The molecule has 2 rings (SSSR count). The van der Waals surface area contributed by atoms with E-state index in [4.69, 9.17) is 11.6 Å². The Balaban J connectivity index is 2.10. The number of aromatic nitrogens is 2. The van der Waals surface area contributed by atoms with E-state index in [1.54, 1.807) is 25.1 Å². The number of nitrogens with zero attached hydrogens (tertiary/aromatic N) is 3. The van der Waals surface area contributed by atoms with Crippen molar-refractivity contribution < 1.29 is 4.92 Å². The number of benzene rings is 1. The zero-order chi connectivity index (χ0) is 13.8. The van der Waals surface area contributed by atoms with E-state index in [0.29, 0.717) is 23.3 Å². The zero-order valence-corrected chi connectivity index (χ0v) is 10.9. The Hall–Kier alpha value is -2.21. The molecule has 19 heavy (non-hydrogen) atoms. The van der Waals surface area contributed by atoms with Crippen LogP contribution in [-0.4, -0.2) is 14.9 Å². The summed E-state index contributed by atoms with van der Waals surface area (Å²) < 4.78 is 0. The van der Waals surface area contributed by atoms with E-state index in [1.807, 2.05) is 0 Å². The number of halogens is 1. The molecule has 0 fully saturated rings. The molecule has 0 spiro atoms. The second-order valence-corrected chi connectivity index (χ2v) is 4.29. The summed E-state index contributed by atoms with van der Waals surface area (Å²) in [6, 6.07) is 8.02. The van der Waals surface area contributed by atoms with Crippen LogP contribution in [0.5, 0.6) is 0 Å². The molecule has 0 unspecified atom stereocenters. The molecule has 0 atom stereocenters. The van der Waals surface area contributed by atoms with Crippen molar-refractivity contribution in [3.8, 4) is 0 Å². The van der Waals surface area contributed by atoms with Gasteiger partial charge in [-0.2, -0.15) is 0 Å². The monoisotopic (exact) mass is 278 g/mol. The van der Waals surface area contributed by atoms with Crippen LogP contribution in [0.25, 0.3) is 0 Å². The van der Waals surface area contributed by atoms with E-state index < -0.39 is 4.92 Å². The van der Waals surface area contributed by atoms with E-state index in [1.165, 1.54) is 12.1 Å². The van der Waals surface area contributed by atoms with Crippen LogP contribution in [-0.2, 0) is 6.54 Å². The molecule has 6 nitrogen and oxygen atoms in total. The fourth-order valence-electron chi connectivity index (χ4n) is 1.59. The van der Waals surface area contributed by atoms with Crippen LogP contribution in [0.3, 0.4) is 0 Å². The molecule has 0 radical (unpaired) electrons. The molecular weight excluding hydrogens is 268 g/mol. The van der Waals surface area contributed by atoms with Crippen molar-refractivity contribution in [1.82, 2.24) is 9.97 Å². The molecule has 0 aliphatic heterocycles. The second kappa shape index (κ2) is 5.62. The molecule has 0 amide bonds. The number of hydrogen-bond donors (Lipinski definition) is 1. The van der Waals surface area contributed by atoms with Gasteiger partial charge in [-0.05, 0) is 12.5 Å². The van der Waals surface area contributed by atoms with E-state index in [9.17, 15) is 10.1 Å². The van der Waals surface area contributed by atoms with Crippen LogP contribution >= 0.6 is 11.6 Å². The molecule has 0 saturated carbocycles. The number of nitro groups is 1. The summed E-state index contributed by atoms with van der Waals surface area (Å²) in [7, 11) is 0. The Morgan fingerprint density at radius 1 is 1.37 bits per heavy atom. The van der Waals surface area contributed by atoms with Crippen LogP contribution in [0.4, 0.5) is 11.5 Å². The normalized spacial score (nSPS) is 10.2. The Bertz CT molecular complexity index is 598. The molecule has 98 valence electrons. The first kappa shape index (κ1) is 13.2. The minimum Gasteiger partial charge on any atom is -0.366 e. The highest BCUT2D eigenvalue weighted by Crippen LogP contribution is 2.15. The fraction of sp³-hybridized carbons (Fsp3) is 0.167. The average Bonchev–Trinajstić information content (AvgIpc) is 2.35. The van der Waals surface area contributed by atoms with Gasteiger partial charge < -0.3 is 5.32 Å². The van der Waals surface area contributed by atoms with Gasteiger partial charge in [0, 0.05) is 24.7 Å². The predicted octanol–water partition coefficient (Wildman–Crippen LogP) is 2.96. The van der Waals surface area contributed by atoms with Gasteiger partial charge in [-0.1, -0.05) is 23.7 Å². The number of anilines is 1. The lowest BCUT2D eigenvalue weighted by Gasteiger charge is -2.06. The van der Waals surface area contributed by atoms with Crippen LogP contribution in [0.1, 0.15) is 11.4 Å². The van der Waals surface area contributed by atoms with Gasteiger partial charge in [0.05, 0.1) is 4.92 Å². The Morgan fingerprint density at radius 2 is 2.16 bits per heavy atom. The number of nitrogens with one attached hydrogen (secondary N) is 1. The van der Waals surface area contributed by atoms with Crippen molar-refractivity contribution in [2.45, 2.75) is 13.5 Å². The molecule has 1 aromatic heterocycles. The zero-order valence-electron chi connectivity index (χ0n) is 10.1. The largest absolute Gasteiger partial charge is 0.366 e. The van der Waals surface area contributed by atoms with Crippen molar-refractivity contribution in [2.75, 3.05) is 5.32 Å². The van der Waals surface area contributed by atoms with E-state index in [-0.39, 0.29) is 5.69 Å². The van der Waals surface area contributed by atoms with Gasteiger partial charge in [0.1, 0.15) is 16.8 Å². The first-order valence-corrected chi connectivity index (χ1v) is 5.91. The number of rotatable bonds is 4. The van der Waals surface area contributed by atoms with Crippen LogP contribution in [0.2, 0.25) is 5.15 Å². The highest BCUT2D eigenvalue weighted by Gasteiger charge is 2.06. The van der Waals surface area contributed by atoms with Crippen molar-refractivity contribution in [3.63, 3.8) is 0 Å². The van der Waals surface area contributed by atoms with Crippen LogP contribution in [0, 0.1) is 17.0 Å². The fourth-order valence-corrected chi connectivity index (χ4v) is 1.82. The summed E-state index contributed by atoms with van der Waals surface area (Å²) >= 11 is 5.82. The maximum Gasteiger partial charge on any atom is 0.269 e. The van der Waals surface area contributed by atoms with Gasteiger partial charge >= 0.3 is 0 Å². The molecule has 0 bridgehead atoms. The summed E-state index contributed by atoms with van der Waals surface area (Å²) in [6.45, 7) is 2.17. The van der Waals surface area contributed by atoms with E-state index >= 15 is 0 Å². The number of non-ortho nitro benzene ring substituents is 1. The van der Waals surface area contributed by atoms with Gasteiger partial charge in [-0.3, -0.25) is 10.1 Å². The SMILES string of the molecule is Cc1nc(Cl)cc(NCc2cccc([N+](=O)[O-])c2)n1. The van der Waals surface area contributed by atoms with Gasteiger partial charge in [0.25, 0.3) is 5.69 Å². The Labute approximate surface area is 114 Å². The quantitative estimate of drug-likeness (QED) is 0.528. The molecular formula is C12H11ClN4O2. The third-order valence-electron chi connectivity index (χ3n) is 2.40. The molecule has 7 heteroatoms. The predicted molar refractivity (Wildman–Crippen MR) is 72.2 cm³/mol. The maximum absolute atomic E-state index is 10.7. The summed E-state index contributed by atoms with van der Waals surface area (Å²) in [4.78, 5) is 18.4. The third-order valence-corrected chi connectivity index (χ3v) is 2.60. The lowest BCUT2D eigenvalue weighted by molar-refractivity contribution is -0.384. The van der Waals surface area contributed by atoms with Crippen molar-refractivity contribution in [3.05, 3.63) is 57.0 Å². The Kier molecular flexibility index (Phi) is 3.91. The smallest absolute Gasteiger partial charge is 0.269 e. The molecule has 1 aromatic carbocycles. The molecule has 0 aliphatic rings. The second-order valence-electron chi connectivity index (χ2n) is 3.90. The number of hydrogen-bond acceptors (Lipinski definition) is 5. The van der Waals surface area contributed by atoms with Gasteiger partial charge in [-0.25, -0.2) is 9.97 Å². The van der Waals surface area contributed by atoms with Crippen LogP contribution in [0.15, 0.2) is 30.3 Å². The number of nitro benzene ring substituents is 1. The molecule has 0 aliphatic carbocycles. The molecule has 0 saturated heterocycles. The number of aryl methyl sites for hydroxylation is 1. The van der Waals surface area contributed by atoms with E-state index in [2.05, 4.69) is 15.3 Å². The van der Waals surface area contributed by atoms with Gasteiger partial charge in [0.15, 0.2) is 0 Å². The summed E-state index contributed by atoms with van der Waals surface area (Å²) in [6.07, 6.45) is 0.